The number of para-hydroxylation sites is 1. The van der Waals surface area contributed by atoms with E-state index in [1.807, 2.05) is 19.1 Å². The predicted molar refractivity (Wildman–Crippen MR) is 97.2 cm³/mol. The molecule has 132 valence electrons. The highest BCUT2D eigenvalue weighted by Gasteiger charge is 2.22. The largest absolute Gasteiger partial charge is 0.449 e. The lowest BCUT2D eigenvalue weighted by Crippen LogP contribution is -2.31. The van der Waals surface area contributed by atoms with Crippen molar-refractivity contribution in [1.82, 2.24) is 0 Å². The zero-order valence-corrected chi connectivity index (χ0v) is 14.3. The summed E-state index contributed by atoms with van der Waals surface area (Å²) in [5, 5.41) is 3.25. The van der Waals surface area contributed by atoms with Crippen LogP contribution in [0, 0.1) is 6.92 Å². The number of fused-ring (bicyclic) bond motifs is 1. The van der Waals surface area contributed by atoms with Crippen molar-refractivity contribution < 1.29 is 18.7 Å². The maximum absolute atomic E-state index is 12.3. The Bertz CT molecular complexity index is 1020. The van der Waals surface area contributed by atoms with Gasteiger partial charge in [0.05, 0.1) is 0 Å². The van der Waals surface area contributed by atoms with Gasteiger partial charge in [-0.05, 0) is 38.1 Å². The first kappa shape index (κ1) is 17.4. The normalized spacial score (nSPS) is 11.8. The fourth-order valence-corrected chi connectivity index (χ4v) is 2.36. The molecule has 0 aliphatic carbocycles. The van der Waals surface area contributed by atoms with Gasteiger partial charge in [0.15, 0.2) is 6.10 Å². The summed E-state index contributed by atoms with van der Waals surface area (Å²) >= 11 is 0. The highest BCUT2D eigenvalue weighted by Crippen LogP contribution is 2.14. The average molecular weight is 351 g/mol. The van der Waals surface area contributed by atoms with Crippen LogP contribution in [0.1, 0.15) is 22.8 Å². The predicted octanol–water partition coefficient (Wildman–Crippen LogP) is 3.29. The molecule has 0 fully saturated rings. The first-order valence-electron chi connectivity index (χ1n) is 8.05. The molecule has 0 saturated carbocycles. The van der Waals surface area contributed by atoms with Gasteiger partial charge in [0.1, 0.15) is 11.1 Å². The number of aryl methyl sites for hydroxylation is 1. The van der Waals surface area contributed by atoms with Gasteiger partial charge in [0.25, 0.3) is 5.91 Å². The van der Waals surface area contributed by atoms with Crippen LogP contribution in [-0.2, 0) is 9.53 Å². The summed E-state index contributed by atoms with van der Waals surface area (Å²) in [5.41, 5.74) is 0.969. The number of carbonyl (C=O) groups is 2. The van der Waals surface area contributed by atoms with Crippen LogP contribution in [0.5, 0.6) is 0 Å². The number of nitrogens with one attached hydrogen (secondary N) is 1. The minimum atomic E-state index is -1.07. The van der Waals surface area contributed by atoms with Crippen LogP contribution in [-0.4, -0.2) is 18.0 Å². The number of hydrogen-bond acceptors (Lipinski definition) is 5. The number of carbonyl (C=O) groups excluding carboxylic acids is 2. The molecule has 1 aromatic heterocycles. The third kappa shape index (κ3) is 3.80. The van der Waals surface area contributed by atoms with E-state index in [2.05, 4.69) is 5.32 Å². The number of anilines is 1. The number of amides is 1. The Hall–Kier alpha value is -3.41. The summed E-state index contributed by atoms with van der Waals surface area (Å²) in [6.45, 7) is 3.37. The molecule has 1 amide bonds. The number of benzene rings is 2. The minimum Gasteiger partial charge on any atom is -0.449 e. The first-order valence-corrected chi connectivity index (χ1v) is 8.05. The van der Waals surface area contributed by atoms with E-state index in [1.54, 1.807) is 36.4 Å². The molecule has 0 aliphatic rings. The van der Waals surface area contributed by atoms with Crippen molar-refractivity contribution in [2.45, 2.75) is 20.0 Å². The van der Waals surface area contributed by atoms with E-state index in [4.69, 9.17) is 9.15 Å². The van der Waals surface area contributed by atoms with Gasteiger partial charge < -0.3 is 14.5 Å². The SMILES string of the molecule is Cc1ccc(NC(=O)[C@H](C)OC(=O)c2cc3ccccc3oc2=O)cc1. The van der Waals surface area contributed by atoms with Crippen LogP contribution in [0.4, 0.5) is 5.69 Å². The smallest absolute Gasteiger partial charge is 0.351 e. The molecule has 1 N–H and O–H groups in total. The van der Waals surface area contributed by atoms with E-state index in [-0.39, 0.29) is 5.56 Å². The van der Waals surface area contributed by atoms with Crippen molar-refractivity contribution in [3.63, 3.8) is 0 Å². The average Bonchev–Trinajstić information content (AvgIpc) is 2.62. The lowest BCUT2D eigenvalue weighted by atomic mass is 10.2. The Morgan fingerprint density at radius 2 is 1.77 bits per heavy atom. The van der Waals surface area contributed by atoms with Gasteiger partial charge in [-0.2, -0.15) is 0 Å². The number of esters is 1. The second kappa shape index (κ2) is 7.23. The van der Waals surface area contributed by atoms with Gasteiger partial charge in [0, 0.05) is 11.1 Å². The summed E-state index contributed by atoms with van der Waals surface area (Å²) in [5.74, 6) is -1.40. The second-order valence-electron chi connectivity index (χ2n) is 5.89. The number of ether oxygens (including phenoxy) is 1. The lowest BCUT2D eigenvalue weighted by molar-refractivity contribution is -0.123. The van der Waals surface area contributed by atoms with Crippen molar-refractivity contribution in [1.29, 1.82) is 0 Å². The molecule has 6 heteroatoms. The molecule has 0 aliphatic heterocycles. The van der Waals surface area contributed by atoms with E-state index < -0.39 is 23.6 Å². The van der Waals surface area contributed by atoms with Gasteiger partial charge in [-0.3, -0.25) is 4.79 Å². The summed E-state index contributed by atoms with van der Waals surface area (Å²) in [4.78, 5) is 36.4. The van der Waals surface area contributed by atoms with Crippen molar-refractivity contribution in [3.05, 3.63) is 76.1 Å². The lowest BCUT2D eigenvalue weighted by Gasteiger charge is -2.13. The van der Waals surface area contributed by atoms with Crippen molar-refractivity contribution >= 4 is 28.5 Å². The third-order valence-corrected chi connectivity index (χ3v) is 3.83. The van der Waals surface area contributed by atoms with Crippen molar-refractivity contribution in [2.24, 2.45) is 0 Å². The highest BCUT2D eigenvalue weighted by molar-refractivity contribution is 5.98. The molecule has 1 atom stereocenters. The van der Waals surface area contributed by atoms with E-state index in [1.165, 1.54) is 13.0 Å². The maximum Gasteiger partial charge on any atom is 0.351 e. The van der Waals surface area contributed by atoms with Crippen LogP contribution < -0.4 is 10.9 Å². The maximum atomic E-state index is 12.3. The van der Waals surface area contributed by atoms with Gasteiger partial charge in [-0.15, -0.1) is 0 Å². The molecule has 2 aromatic carbocycles. The Kier molecular flexibility index (Phi) is 4.84. The molecule has 3 aromatic rings. The standard InChI is InChI=1S/C20H17NO5/c1-12-7-9-15(10-8-12)21-18(22)13(2)25-19(23)16-11-14-5-3-4-6-17(14)26-20(16)24/h3-11,13H,1-2H3,(H,21,22)/t13-/m0/s1. The van der Waals surface area contributed by atoms with Crippen LogP contribution in [0.2, 0.25) is 0 Å². The summed E-state index contributed by atoms with van der Waals surface area (Å²) in [7, 11) is 0. The second-order valence-corrected chi connectivity index (χ2v) is 5.89. The van der Waals surface area contributed by atoms with Gasteiger partial charge >= 0.3 is 11.6 Å². The van der Waals surface area contributed by atoms with E-state index >= 15 is 0 Å². The minimum absolute atomic E-state index is 0.251. The van der Waals surface area contributed by atoms with E-state index in [0.717, 1.165) is 5.56 Å². The van der Waals surface area contributed by atoms with Crippen LogP contribution in [0.25, 0.3) is 11.0 Å². The number of rotatable bonds is 4. The highest BCUT2D eigenvalue weighted by atomic mass is 16.5. The molecular formula is C20H17NO5. The fraction of sp³-hybridized carbons (Fsp3) is 0.150. The Morgan fingerprint density at radius 1 is 1.08 bits per heavy atom. The monoisotopic (exact) mass is 351 g/mol. The quantitative estimate of drug-likeness (QED) is 0.576. The van der Waals surface area contributed by atoms with E-state index in [0.29, 0.717) is 16.7 Å². The zero-order chi connectivity index (χ0) is 18.7. The Morgan fingerprint density at radius 3 is 2.50 bits per heavy atom. The zero-order valence-electron chi connectivity index (χ0n) is 14.3. The van der Waals surface area contributed by atoms with Crippen LogP contribution in [0.15, 0.2) is 63.8 Å². The molecule has 3 rings (SSSR count). The molecule has 0 bridgehead atoms. The summed E-state index contributed by atoms with van der Waals surface area (Å²) in [6.07, 6.45) is -1.07. The first-order chi connectivity index (χ1) is 12.4. The molecule has 1 heterocycles. The molecule has 0 saturated heterocycles. The molecule has 26 heavy (non-hydrogen) atoms. The third-order valence-electron chi connectivity index (χ3n) is 3.83. The topological polar surface area (TPSA) is 85.6 Å². The fourth-order valence-electron chi connectivity index (χ4n) is 2.36. The molecule has 0 spiro atoms. The Labute approximate surface area is 149 Å². The van der Waals surface area contributed by atoms with Gasteiger partial charge in [-0.1, -0.05) is 35.9 Å². The summed E-state index contributed by atoms with van der Waals surface area (Å²) in [6, 6.07) is 15.4. The van der Waals surface area contributed by atoms with Crippen LogP contribution in [0.3, 0.4) is 0 Å². The molecule has 0 radical (unpaired) electrons. The van der Waals surface area contributed by atoms with E-state index in [9.17, 15) is 14.4 Å². The Balaban J connectivity index is 1.72. The molecule has 6 nitrogen and oxygen atoms in total. The number of hydrogen-bond donors (Lipinski definition) is 1. The van der Waals surface area contributed by atoms with Crippen molar-refractivity contribution in [2.75, 3.05) is 5.32 Å². The van der Waals surface area contributed by atoms with Gasteiger partial charge in [-0.25, -0.2) is 9.59 Å². The molecular weight excluding hydrogens is 334 g/mol. The van der Waals surface area contributed by atoms with Crippen LogP contribution >= 0.6 is 0 Å². The molecule has 0 unspecified atom stereocenters. The van der Waals surface area contributed by atoms with Gasteiger partial charge in [0.2, 0.25) is 0 Å². The summed E-state index contributed by atoms with van der Waals surface area (Å²) < 4.78 is 10.2. The van der Waals surface area contributed by atoms with Crippen molar-refractivity contribution in [3.8, 4) is 0 Å².